The molecular weight excluding hydrogens is 263 g/mol. The fraction of sp³-hybridized carbons (Fsp3) is 0.556. The molecule has 21 heavy (non-hydrogen) atoms. The largest absolute Gasteiger partial charge is 0.270 e. The summed E-state index contributed by atoms with van der Waals surface area (Å²) >= 11 is 0. The van der Waals surface area contributed by atoms with Crippen LogP contribution in [0.4, 0.5) is 4.39 Å². The van der Waals surface area contributed by atoms with Gasteiger partial charge in [0.05, 0.1) is 0 Å². The zero-order chi connectivity index (χ0) is 15.4. The van der Waals surface area contributed by atoms with Crippen LogP contribution in [0.15, 0.2) is 28.2 Å². The van der Waals surface area contributed by atoms with Crippen molar-refractivity contribution in [1.82, 2.24) is 0 Å². The summed E-state index contributed by atoms with van der Waals surface area (Å²) in [6.07, 6.45) is 5.00. The highest BCUT2D eigenvalue weighted by molar-refractivity contribution is 6.07. The van der Waals surface area contributed by atoms with Crippen LogP contribution < -0.4 is 0 Å². The number of hydrogen-bond donors (Lipinski definition) is 0. The van der Waals surface area contributed by atoms with E-state index in [1.807, 2.05) is 6.07 Å². The first-order valence-electron chi connectivity index (χ1n) is 7.79. The van der Waals surface area contributed by atoms with Crippen LogP contribution in [-0.4, -0.2) is 18.6 Å². The maximum Gasteiger partial charge on any atom is 0.154 e. The van der Waals surface area contributed by atoms with Crippen LogP contribution in [0.2, 0.25) is 0 Å². The molecule has 1 aliphatic rings. The third kappa shape index (κ3) is 3.99. The molecule has 1 aliphatic carbocycles. The lowest BCUT2D eigenvalue weighted by molar-refractivity contribution is 0.343. The second-order valence-corrected chi connectivity index (χ2v) is 6.22. The molecule has 1 aromatic carbocycles. The minimum absolute atomic E-state index is 0.184. The lowest BCUT2D eigenvalue weighted by atomic mass is 9.81. The van der Waals surface area contributed by atoms with Crippen LogP contribution in [0.1, 0.15) is 50.7 Å². The highest BCUT2D eigenvalue weighted by Crippen LogP contribution is 2.29. The molecule has 114 valence electrons. The van der Waals surface area contributed by atoms with Gasteiger partial charge in [-0.25, -0.2) is 9.38 Å². The number of aryl methyl sites for hydroxylation is 1. The summed E-state index contributed by atoms with van der Waals surface area (Å²) in [6.45, 7) is 6.19. The molecule has 0 unspecified atom stereocenters. The number of rotatable bonds is 2. The van der Waals surface area contributed by atoms with E-state index in [4.69, 9.17) is 4.99 Å². The van der Waals surface area contributed by atoms with Gasteiger partial charge in [-0.15, -0.1) is 0 Å². The molecule has 0 saturated heterocycles. The van der Waals surface area contributed by atoms with Crippen molar-refractivity contribution < 1.29 is 4.39 Å². The molecule has 0 aliphatic heterocycles. The van der Waals surface area contributed by atoms with Crippen molar-refractivity contribution in [2.24, 2.45) is 21.8 Å². The summed E-state index contributed by atoms with van der Waals surface area (Å²) in [5.74, 6) is 1.93. The molecule has 0 atom stereocenters. The van der Waals surface area contributed by atoms with Crippen LogP contribution in [0, 0.1) is 24.6 Å². The van der Waals surface area contributed by atoms with Gasteiger partial charge < -0.3 is 0 Å². The Morgan fingerprint density at radius 1 is 1.19 bits per heavy atom. The van der Waals surface area contributed by atoms with Crippen molar-refractivity contribution in [1.29, 1.82) is 0 Å². The number of aliphatic imine (C=N–C) groups is 2. The van der Waals surface area contributed by atoms with Gasteiger partial charge in [0.1, 0.15) is 5.82 Å². The zero-order valence-corrected chi connectivity index (χ0v) is 13.5. The highest BCUT2D eigenvalue weighted by atomic mass is 19.1. The molecule has 2 nitrogen and oxygen atoms in total. The summed E-state index contributed by atoms with van der Waals surface area (Å²) in [5.41, 5.74) is 2.68. The van der Waals surface area contributed by atoms with E-state index in [2.05, 4.69) is 18.8 Å². The number of amidine groups is 1. The molecular formula is C18H25FN2. The smallest absolute Gasteiger partial charge is 0.154 e. The summed E-state index contributed by atoms with van der Waals surface area (Å²) in [6, 6.07) is 5.06. The Labute approximate surface area is 127 Å². The monoisotopic (exact) mass is 288 g/mol. The standard InChI is InChI=1S/C18H25FN2/c1-12-5-7-15(8-6-12)14(3)21-18(20-4)16-9-10-17(19)13(2)11-16/h9-12,15H,5-8H2,1-4H3. The van der Waals surface area contributed by atoms with Crippen LogP contribution in [0.3, 0.4) is 0 Å². The summed E-state index contributed by atoms with van der Waals surface area (Å²) < 4.78 is 13.4. The predicted molar refractivity (Wildman–Crippen MR) is 87.8 cm³/mol. The van der Waals surface area contributed by atoms with Gasteiger partial charge in [0.2, 0.25) is 0 Å². The van der Waals surface area contributed by atoms with Gasteiger partial charge in [0, 0.05) is 18.3 Å². The summed E-state index contributed by atoms with van der Waals surface area (Å²) in [7, 11) is 1.74. The maximum absolute atomic E-state index is 13.4. The average Bonchev–Trinajstić information content (AvgIpc) is 2.48. The molecule has 0 radical (unpaired) electrons. The first-order valence-corrected chi connectivity index (χ1v) is 7.79. The van der Waals surface area contributed by atoms with Gasteiger partial charge >= 0.3 is 0 Å². The second-order valence-electron chi connectivity index (χ2n) is 6.22. The van der Waals surface area contributed by atoms with Gasteiger partial charge in [-0.3, -0.25) is 4.99 Å². The first kappa shape index (κ1) is 15.9. The fourth-order valence-corrected chi connectivity index (χ4v) is 2.96. The van der Waals surface area contributed by atoms with Crippen molar-refractivity contribution in [3.05, 3.63) is 35.1 Å². The molecule has 0 N–H and O–H groups in total. The number of benzene rings is 1. The zero-order valence-electron chi connectivity index (χ0n) is 13.5. The van der Waals surface area contributed by atoms with E-state index >= 15 is 0 Å². The van der Waals surface area contributed by atoms with E-state index in [0.717, 1.165) is 17.2 Å². The van der Waals surface area contributed by atoms with Gasteiger partial charge in [0.25, 0.3) is 0 Å². The van der Waals surface area contributed by atoms with Gasteiger partial charge in [-0.2, -0.15) is 0 Å². The third-order valence-electron chi connectivity index (χ3n) is 4.52. The molecule has 0 aromatic heterocycles. The lowest BCUT2D eigenvalue weighted by Crippen LogP contribution is -2.20. The maximum atomic E-state index is 13.4. The normalized spacial score (nSPS) is 24.2. The molecule has 1 aromatic rings. The van der Waals surface area contributed by atoms with E-state index in [0.29, 0.717) is 17.3 Å². The summed E-state index contributed by atoms with van der Waals surface area (Å²) in [5, 5.41) is 0. The Bertz CT molecular complexity index is 552. The molecule has 0 heterocycles. The molecule has 0 bridgehead atoms. The van der Waals surface area contributed by atoms with Crippen molar-refractivity contribution in [2.75, 3.05) is 7.05 Å². The number of nitrogens with zero attached hydrogens (tertiary/aromatic N) is 2. The van der Waals surface area contributed by atoms with E-state index in [1.54, 1.807) is 20.0 Å². The molecule has 1 fully saturated rings. The predicted octanol–water partition coefficient (Wildman–Crippen LogP) is 4.80. The molecule has 0 spiro atoms. The molecule has 2 rings (SSSR count). The Morgan fingerprint density at radius 2 is 1.86 bits per heavy atom. The van der Waals surface area contributed by atoms with Crippen molar-refractivity contribution in [3.63, 3.8) is 0 Å². The Hall–Kier alpha value is -1.51. The van der Waals surface area contributed by atoms with Crippen molar-refractivity contribution in [2.45, 2.75) is 46.5 Å². The van der Waals surface area contributed by atoms with Crippen LogP contribution >= 0.6 is 0 Å². The Morgan fingerprint density at radius 3 is 2.43 bits per heavy atom. The van der Waals surface area contributed by atoms with Gasteiger partial charge in [-0.05, 0) is 62.3 Å². The average molecular weight is 288 g/mol. The minimum atomic E-state index is -0.184. The lowest BCUT2D eigenvalue weighted by Gasteiger charge is -2.26. The van der Waals surface area contributed by atoms with Crippen LogP contribution in [0.5, 0.6) is 0 Å². The molecule has 0 amide bonds. The Balaban J connectivity index is 2.17. The van der Waals surface area contributed by atoms with Crippen LogP contribution in [-0.2, 0) is 0 Å². The first-order chi connectivity index (χ1) is 10.0. The number of halogens is 1. The highest BCUT2D eigenvalue weighted by Gasteiger charge is 2.20. The van der Waals surface area contributed by atoms with Crippen LogP contribution in [0.25, 0.3) is 0 Å². The van der Waals surface area contributed by atoms with E-state index < -0.39 is 0 Å². The quantitative estimate of drug-likeness (QED) is 0.552. The topological polar surface area (TPSA) is 24.7 Å². The van der Waals surface area contributed by atoms with E-state index in [1.165, 1.54) is 31.7 Å². The SMILES string of the molecule is CN=C(N=C(C)C1CCC(C)CC1)c1ccc(F)c(C)c1. The summed E-state index contributed by atoms with van der Waals surface area (Å²) in [4.78, 5) is 9.01. The fourth-order valence-electron chi connectivity index (χ4n) is 2.96. The van der Waals surface area contributed by atoms with Gasteiger partial charge in [-0.1, -0.05) is 19.8 Å². The Kier molecular flexibility index (Phi) is 5.27. The minimum Gasteiger partial charge on any atom is -0.270 e. The van der Waals surface area contributed by atoms with Crippen molar-refractivity contribution in [3.8, 4) is 0 Å². The second kappa shape index (κ2) is 6.97. The van der Waals surface area contributed by atoms with Gasteiger partial charge in [0.15, 0.2) is 5.84 Å². The molecule has 1 saturated carbocycles. The molecule has 3 heteroatoms. The van der Waals surface area contributed by atoms with Crippen molar-refractivity contribution >= 4 is 11.5 Å². The van der Waals surface area contributed by atoms with E-state index in [-0.39, 0.29) is 5.82 Å². The van der Waals surface area contributed by atoms with E-state index in [9.17, 15) is 4.39 Å². The number of hydrogen-bond acceptors (Lipinski definition) is 1. The third-order valence-corrected chi connectivity index (χ3v) is 4.52.